The lowest BCUT2D eigenvalue weighted by atomic mass is 9.87. The maximum Gasteiger partial charge on any atom is 0.234 e. The monoisotopic (exact) mass is 417 g/mol. The summed E-state index contributed by atoms with van der Waals surface area (Å²) >= 11 is 0. The van der Waals surface area contributed by atoms with E-state index in [1.54, 1.807) is 14.2 Å². The van der Waals surface area contributed by atoms with Crippen molar-refractivity contribution in [2.24, 2.45) is 11.8 Å². The van der Waals surface area contributed by atoms with Gasteiger partial charge in [-0.3, -0.25) is 24.4 Å². The molecule has 6 nitrogen and oxygen atoms in total. The molecule has 3 fully saturated rings. The molecule has 6 heteroatoms. The van der Waals surface area contributed by atoms with Crippen LogP contribution in [0.2, 0.25) is 0 Å². The van der Waals surface area contributed by atoms with Gasteiger partial charge in [0.1, 0.15) is 5.75 Å². The first kappa shape index (κ1) is 19.9. The normalized spacial score (nSPS) is 28.3. The summed E-state index contributed by atoms with van der Waals surface area (Å²) in [7, 11) is 3.29. The molecule has 2 aromatic rings. The number of amides is 2. The Balaban J connectivity index is 1.40. The molecular weight excluding hydrogens is 390 g/mol. The second-order valence-corrected chi connectivity index (χ2v) is 8.61. The van der Waals surface area contributed by atoms with E-state index in [2.05, 4.69) is 16.0 Å². The molecule has 0 spiro atoms. The van der Waals surface area contributed by atoms with E-state index in [9.17, 15) is 9.59 Å². The zero-order chi connectivity index (χ0) is 21.5. The second kappa shape index (κ2) is 7.93. The summed E-state index contributed by atoms with van der Waals surface area (Å²) in [5.74, 6) is 0.285. The van der Waals surface area contributed by atoms with Gasteiger partial charge in [-0.1, -0.05) is 36.8 Å². The predicted molar refractivity (Wildman–Crippen MR) is 118 cm³/mol. The maximum absolute atomic E-state index is 12.8. The SMILES string of the molecule is COc1ccccc1-c1ccc(/C=C/C2C3C(=O)N(C)C(=O)C3C3CCCCN23)nc1. The molecule has 4 heterocycles. The summed E-state index contributed by atoms with van der Waals surface area (Å²) in [5.41, 5.74) is 2.83. The van der Waals surface area contributed by atoms with Crippen molar-refractivity contribution in [3.8, 4) is 16.9 Å². The zero-order valence-corrected chi connectivity index (χ0v) is 17.9. The Kier molecular flexibility index (Phi) is 5.10. The van der Waals surface area contributed by atoms with Crippen LogP contribution < -0.4 is 4.74 Å². The molecule has 0 aliphatic carbocycles. The van der Waals surface area contributed by atoms with E-state index in [0.29, 0.717) is 0 Å². The molecule has 4 unspecified atom stereocenters. The van der Waals surface area contributed by atoms with Crippen LogP contribution in [0.5, 0.6) is 5.75 Å². The minimum Gasteiger partial charge on any atom is -0.496 e. The summed E-state index contributed by atoms with van der Waals surface area (Å²) in [6, 6.07) is 12.0. The molecule has 3 aliphatic heterocycles. The Bertz CT molecular complexity index is 1030. The summed E-state index contributed by atoms with van der Waals surface area (Å²) in [6.07, 6.45) is 9.14. The topological polar surface area (TPSA) is 62.7 Å². The number of carbonyl (C=O) groups excluding carboxylic acids is 2. The molecule has 0 saturated carbocycles. The fourth-order valence-corrected chi connectivity index (χ4v) is 5.54. The number of hydrogen-bond donors (Lipinski definition) is 0. The van der Waals surface area contributed by atoms with Crippen molar-refractivity contribution in [3.05, 3.63) is 54.4 Å². The van der Waals surface area contributed by atoms with Crippen LogP contribution >= 0.6 is 0 Å². The average molecular weight is 418 g/mol. The number of pyridine rings is 1. The lowest BCUT2D eigenvalue weighted by molar-refractivity contribution is -0.139. The van der Waals surface area contributed by atoms with Crippen molar-refractivity contribution in [1.82, 2.24) is 14.8 Å². The van der Waals surface area contributed by atoms with Crippen LogP contribution in [0.3, 0.4) is 0 Å². The number of para-hydroxylation sites is 1. The van der Waals surface area contributed by atoms with Crippen LogP contribution in [-0.2, 0) is 9.59 Å². The number of methoxy groups -OCH3 is 1. The third-order valence-electron chi connectivity index (χ3n) is 7.04. The third-order valence-corrected chi connectivity index (χ3v) is 7.04. The molecule has 1 aromatic carbocycles. The van der Waals surface area contributed by atoms with Crippen LogP contribution in [-0.4, -0.2) is 59.4 Å². The first-order chi connectivity index (χ1) is 15.1. The number of benzene rings is 1. The highest BCUT2D eigenvalue weighted by Gasteiger charge is 2.60. The number of fused-ring (bicyclic) bond motifs is 3. The highest BCUT2D eigenvalue weighted by Crippen LogP contribution is 2.46. The number of hydrogen-bond acceptors (Lipinski definition) is 5. The van der Waals surface area contributed by atoms with Gasteiger partial charge in [-0.2, -0.15) is 0 Å². The molecule has 0 radical (unpaired) electrons. The van der Waals surface area contributed by atoms with E-state index in [1.165, 1.54) is 4.90 Å². The second-order valence-electron chi connectivity index (χ2n) is 8.61. The number of aromatic nitrogens is 1. The number of piperidine rings is 1. The van der Waals surface area contributed by atoms with Gasteiger partial charge in [-0.05, 0) is 37.6 Å². The summed E-state index contributed by atoms with van der Waals surface area (Å²) < 4.78 is 5.45. The van der Waals surface area contributed by atoms with Crippen LogP contribution in [0.25, 0.3) is 17.2 Å². The first-order valence-electron chi connectivity index (χ1n) is 10.9. The number of imide groups is 1. The number of likely N-dealkylation sites (tertiary alicyclic amines) is 1. The van der Waals surface area contributed by atoms with E-state index in [-0.39, 0.29) is 35.7 Å². The quantitative estimate of drug-likeness (QED) is 0.715. The molecule has 0 bridgehead atoms. The minimum absolute atomic E-state index is 0.0120. The van der Waals surface area contributed by atoms with Crippen molar-refractivity contribution in [3.63, 3.8) is 0 Å². The van der Waals surface area contributed by atoms with Gasteiger partial charge < -0.3 is 4.74 Å². The van der Waals surface area contributed by atoms with Crippen molar-refractivity contribution in [2.75, 3.05) is 20.7 Å². The van der Waals surface area contributed by atoms with E-state index in [1.807, 2.05) is 48.7 Å². The largest absolute Gasteiger partial charge is 0.496 e. The minimum atomic E-state index is -0.273. The Morgan fingerprint density at radius 1 is 1.06 bits per heavy atom. The van der Waals surface area contributed by atoms with Gasteiger partial charge in [0.15, 0.2) is 0 Å². The van der Waals surface area contributed by atoms with Crippen molar-refractivity contribution in [1.29, 1.82) is 0 Å². The van der Waals surface area contributed by atoms with Gasteiger partial charge in [0.25, 0.3) is 0 Å². The molecule has 5 rings (SSSR count). The molecule has 0 N–H and O–H groups in total. The highest BCUT2D eigenvalue weighted by molar-refractivity contribution is 6.06. The van der Waals surface area contributed by atoms with E-state index in [0.717, 1.165) is 48.4 Å². The maximum atomic E-state index is 12.8. The molecule has 4 atom stereocenters. The number of ether oxygens (including phenoxy) is 1. The first-order valence-corrected chi connectivity index (χ1v) is 10.9. The predicted octanol–water partition coefficient (Wildman–Crippen LogP) is 3.24. The zero-order valence-electron chi connectivity index (χ0n) is 17.9. The fourth-order valence-electron chi connectivity index (χ4n) is 5.54. The summed E-state index contributed by atoms with van der Waals surface area (Å²) in [5, 5.41) is 0. The third kappa shape index (κ3) is 3.26. The molecule has 160 valence electrons. The lowest BCUT2D eigenvalue weighted by Gasteiger charge is -2.35. The number of nitrogens with zero attached hydrogens (tertiary/aromatic N) is 3. The molecule has 3 aliphatic rings. The van der Waals surface area contributed by atoms with Crippen LogP contribution in [0.4, 0.5) is 0 Å². The van der Waals surface area contributed by atoms with Gasteiger partial charge >= 0.3 is 0 Å². The molecule has 31 heavy (non-hydrogen) atoms. The molecule has 3 saturated heterocycles. The van der Waals surface area contributed by atoms with Gasteiger partial charge in [-0.15, -0.1) is 0 Å². The Hall–Kier alpha value is -2.99. The smallest absolute Gasteiger partial charge is 0.234 e. The molecule has 2 amide bonds. The van der Waals surface area contributed by atoms with Crippen LogP contribution in [0, 0.1) is 11.8 Å². The van der Waals surface area contributed by atoms with Crippen molar-refractivity contribution < 1.29 is 14.3 Å². The number of rotatable bonds is 4. The Labute approximate surface area is 182 Å². The van der Waals surface area contributed by atoms with E-state index in [4.69, 9.17) is 4.74 Å². The van der Waals surface area contributed by atoms with Gasteiger partial charge in [0.05, 0.1) is 24.6 Å². The summed E-state index contributed by atoms with van der Waals surface area (Å²) in [6.45, 7) is 0.942. The average Bonchev–Trinajstić information content (AvgIpc) is 3.26. The Morgan fingerprint density at radius 2 is 1.87 bits per heavy atom. The standard InChI is InChI=1S/C25H27N3O3/c1-27-24(29)22-19-8-5-6-14-28(19)20(23(22)25(27)30)13-12-17-11-10-16(15-26-17)18-7-3-4-9-21(18)31-2/h3-4,7,9-13,15,19-20,22-23H,5-6,8,14H2,1-2H3/b13-12+. The highest BCUT2D eigenvalue weighted by atomic mass is 16.5. The van der Waals surface area contributed by atoms with Crippen LogP contribution in [0.15, 0.2) is 48.7 Å². The lowest BCUT2D eigenvalue weighted by Crippen LogP contribution is -2.45. The van der Waals surface area contributed by atoms with Crippen molar-refractivity contribution >= 4 is 17.9 Å². The fraction of sp³-hybridized carbons (Fsp3) is 0.400. The summed E-state index contributed by atoms with van der Waals surface area (Å²) in [4.78, 5) is 33.9. The number of carbonyl (C=O) groups is 2. The molecule has 1 aromatic heterocycles. The van der Waals surface area contributed by atoms with Gasteiger partial charge in [0.2, 0.25) is 11.8 Å². The van der Waals surface area contributed by atoms with E-state index < -0.39 is 0 Å². The molecular formula is C25H27N3O3. The Morgan fingerprint density at radius 3 is 2.65 bits per heavy atom. The van der Waals surface area contributed by atoms with Gasteiger partial charge in [0, 0.05) is 36.5 Å². The van der Waals surface area contributed by atoms with Gasteiger partial charge in [-0.25, -0.2) is 0 Å². The van der Waals surface area contributed by atoms with Crippen LogP contribution in [0.1, 0.15) is 25.0 Å². The van der Waals surface area contributed by atoms with Crippen molar-refractivity contribution in [2.45, 2.75) is 31.3 Å². The van der Waals surface area contributed by atoms with E-state index >= 15 is 0 Å².